The van der Waals surface area contributed by atoms with Gasteiger partial charge in [-0.1, -0.05) is 19.8 Å². The van der Waals surface area contributed by atoms with Gasteiger partial charge in [0.25, 0.3) is 0 Å². The van der Waals surface area contributed by atoms with Crippen molar-refractivity contribution in [2.75, 3.05) is 0 Å². The molecule has 2 atom stereocenters. The summed E-state index contributed by atoms with van der Waals surface area (Å²) in [6, 6.07) is 2.16. The van der Waals surface area contributed by atoms with Crippen LogP contribution in [0.1, 0.15) is 39.0 Å². The van der Waals surface area contributed by atoms with Gasteiger partial charge in [0.2, 0.25) is 5.91 Å². The third-order valence-corrected chi connectivity index (χ3v) is 2.70. The van der Waals surface area contributed by atoms with Crippen LogP contribution in [0.25, 0.3) is 0 Å². The number of rotatable bonds is 2. The average molecular weight is 180 g/mol. The highest BCUT2D eigenvalue weighted by Crippen LogP contribution is 2.23. The zero-order chi connectivity index (χ0) is 9.68. The minimum Gasteiger partial charge on any atom is -0.352 e. The monoisotopic (exact) mass is 180 g/mol. The summed E-state index contributed by atoms with van der Waals surface area (Å²) in [4.78, 5) is 11.1. The molecule has 0 spiro atoms. The van der Waals surface area contributed by atoms with E-state index in [1.54, 1.807) is 0 Å². The smallest absolute Gasteiger partial charge is 0.234 e. The van der Waals surface area contributed by atoms with Gasteiger partial charge in [-0.15, -0.1) is 0 Å². The highest BCUT2D eigenvalue weighted by molar-refractivity contribution is 5.78. The summed E-state index contributed by atoms with van der Waals surface area (Å²) in [6.07, 6.45) is 4.71. The molecule has 0 aromatic heterocycles. The van der Waals surface area contributed by atoms with E-state index in [9.17, 15) is 4.79 Å². The van der Waals surface area contributed by atoms with Crippen LogP contribution in [-0.2, 0) is 4.79 Å². The van der Waals surface area contributed by atoms with Crippen LogP contribution < -0.4 is 5.32 Å². The van der Waals surface area contributed by atoms with E-state index in [-0.39, 0.29) is 12.3 Å². The first-order chi connectivity index (χ1) is 6.24. The van der Waals surface area contributed by atoms with Gasteiger partial charge >= 0.3 is 0 Å². The highest BCUT2D eigenvalue weighted by atomic mass is 16.1. The first-order valence-electron chi connectivity index (χ1n) is 4.90. The molecule has 1 rings (SSSR count). The van der Waals surface area contributed by atoms with Crippen LogP contribution in [0, 0.1) is 17.2 Å². The van der Waals surface area contributed by atoms with Crippen LogP contribution >= 0.6 is 0 Å². The van der Waals surface area contributed by atoms with Gasteiger partial charge in [0.1, 0.15) is 6.42 Å². The van der Waals surface area contributed by atoms with Crippen LogP contribution in [0.15, 0.2) is 0 Å². The lowest BCUT2D eigenvalue weighted by molar-refractivity contribution is -0.121. The maximum Gasteiger partial charge on any atom is 0.234 e. The Hall–Kier alpha value is -1.04. The maximum atomic E-state index is 11.1. The van der Waals surface area contributed by atoms with Gasteiger partial charge in [-0.2, -0.15) is 5.26 Å². The number of carbonyl (C=O) groups is 1. The molecular formula is C10H16N2O. The molecule has 0 aliphatic heterocycles. The SMILES string of the molecule is C[C@@H]1CCCC[C@@H]1NC(=O)CC#N. The summed E-state index contributed by atoms with van der Waals surface area (Å²) in [5, 5.41) is 11.2. The molecule has 1 aliphatic carbocycles. The maximum absolute atomic E-state index is 11.1. The van der Waals surface area contributed by atoms with E-state index in [1.165, 1.54) is 19.3 Å². The minimum atomic E-state index is -0.124. The fourth-order valence-electron chi connectivity index (χ4n) is 1.86. The van der Waals surface area contributed by atoms with E-state index < -0.39 is 0 Å². The molecule has 0 aromatic carbocycles. The van der Waals surface area contributed by atoms with E-state index in [4.69, 9.17) is 5.26 Å². The summed E-state index contributed by atoms with van der Waals surface area (Å²) in [6.45, 7) is 2.16. The molecule has 0 heterocycles. The number of hydrogen-bond acceptors (Lipinski definition) is 2. The Morgan fingerprint density at radius 1 is 1.54 bits per heavy atom. The molecular weight excluding hydrogens is 164 g/mol. The number of carbonyl (C=O) groups excluding carboxylic acids is 1. The summed E-state index contributed by atoms with van der Waals surface area (Å²) < 4.78 is 0. The number of nitriles is 1. The fourth-order valence-corrected chi connectivity index (χ4v) is 1.86. The molecule has 72 valence electrons. The van der Waals surface area contributed by atoms with E-state index >= 15 is 0 Å². The molecule has 0 radical (unpaired) electrons. The first kappa shape index (κ1) is 10.0. The zero-order valence-electron chi connectivity index (χ0n) is 8.05. The van der Waals surface area contributed by atoms with Crippen molar-refractivity contribution in [2.45, 2.75) is 45.1 Å². The minimum absolute atomic E-state index is 0.0107. The largest absolute Gasteiger partial charge is 0.352 e. The number of nitrogens with one attached hydrogen (secondary N) is 1. The second-order valence-electron chi connectivity index (χ2n) is 3.77. The molecule has 0 bridgehead atoms. The molecule has 3 heteroatoms. The topological polar surface area (TPSA) is 52.9 Å². The van der Waals surface area contributed by atoms with Crippen molar-refractivity contribution in [1.82, 2.24) is 5.32 Å². The standard InChI is InChI=1S/C10H16N2O/c1-8-4-2-3-5-9(8)12-10(13)6-7-11/h8-9H,2-6H2,1H3,(H,12,13)/t8-,9+/m1/s1. The highest BCUT2D eigenvalue weighted by Gasteiger charge is 2.22. The number of amides is 1. The Balaban J connectivity index is 2.34. The van der Waals surface area contributed by atoms with Crippen molar-refractivity contribution in [3.8, 4) is 6.07 Å². The molecule has 1 fully saturated rings. The van der Waals surface area contributed by atoms with E-state index in [1.807, 2.05) is 6.07 Å². The Kier molecular flexibility index (Phi) is 3.75. The molecule has 0 aromatic rings. The van der Waals surface area contributed by atoms with Crippen LogP contribution in [0.4, 0.5) is 0 Å². The molecule has 1 aliphatic rings. The molecule has 1 amide bonds. The number of nitrogens with zero attached hydrogens (tertiary/aromatic N) is 1. The Bertz CT molecular complexity index is 219. The van der Waals surface area contributed by atoms with Gasteiger partial charge < -0.3 is 5.32 Å². The Morgan fingerprint density at radius 2 is 2.23 bits per heavy atom. The van der Waals surface area contributed by atoms with Crippen molar-refractivity contribution >= 4 is 5.91 Å². The van der Waals surface area contributed by atoms with Crippen LogP contribution in [0.5, 0.6) is 0 Å². The fraction of sp³-hybridized carbons (Fsp3) is 0.800. The van der Waals surface area contributed by atoms with Gasteiger partial charge in [0.05, 0.1) is 6.07 Å². The zero-order valence-corrected chi connectivity index (χ0v) is 8.05. The quantitative estimate of drug-likeness (QED) is 0.701. The van der Waals surface area contributed by atoms with Crippen molar-refractivity contribution < 1.29 is 4.79 Å². The van der Waals surface area contributed by atoms with E-state index in [0.717, 1.165) is 6.42 Å². The van der Waals surface area contributed by atoms with Gasteiger partial charge in [0, 0.05) is 6.04 Å². The second kappa shape index (κ2) is 4.86. The Morgan fingerprint density at radius 3 is 2.85 bits per heavy atom. The summed E-state index contributed by atoms with van der Waals surface area (Å²) in [5.41, 5.74) is 0. The lowest BCUT2D eigenvalue weighted by atomic mass is 9.86. The van der Waals surface area contributed by atoms with Crippen LogP contribution in [0.3, 0.4) is 0 Å². The van der Waals surface area contributed by atoms with Gasteiger partial charge in [-0.3, -0.25) is 4.79 Å². The third-order valence-electron chi connectivity index (χ3n) is 2.70. The van der Waals surface area contributed by atoms with Crippen molar-refractivity contribution in [1.29, 1.82) is 5.26 Å². The van der Waals surface area contributed by atoms with E-state index in [2.05, 4.69) is 12.2 Å². The lowest BCUT2D eigenvalue weighted by Gasteiger charge is -2.29. The van der Waals surface area contributed by atoms with Crippen molar-refractivity contribution in [2.24, 2.45) is 5.92 Å². The van der Waals surface area contributed by atoms with E-state index in [0.29, 0.717) is 12.0 Å². The number of hydrogen-bond donors (Lipinski definition) is 1. The molecule has 0 saturated heterocycles. The molecule has 1 N–H and O–H groups in total. The molecule has 13 heavy (non-hydrogen) atoms. The van der Waals surface area contributed by atoms with Gasteiger partial charge in [-0.05, 0) is 18.8 Å². The van der Waals surface area contributed by atoms with Crippen LogP contribution in [-0.4, -0.2) is 11.9 Å². The van der Waals surface area contributed by atoms with Crippen LogP contribution in [0.2, 0.25) is 0 Å². The van der Waals surface area contributed by atoms with Crippen molar-refractivity contribution in [3.63, 3.8) is 0 Å². The molecule has 3 nitrogen and oxygen atoms in total. The second-order valence-corrected chi connectivity index (χ2v) is 3.77. The average Bonchev–Trinajstić information content (AvgIpc) is 2.09. The normalized spacial score (nSPS) is 27.7. The third kappa shape index (κ3) is 3.06. The lowest BCUT2D eigenvalue weighted by Crippen LogP contribution is -2.40. The molecule has 0 unspecified atom stereocenters. The Labute approximate surface area is 79.1 Å². The summed E-state index contributed by atoms with van der Waals surface area (Å²) in [7, 11) is 0. The summed E-state index contributed by atoms with van der Waals surface area (Å²) in [5.74, 6) is 0.442. The predicted molar refractivity (Wildman–Crippen MR) is 49.8 cm³/mol. The van der Waals surface area contributed by atoms with Gasteiger partial charge in [0.15, 0.2) is 0 Å². The predicted octanol–water partition coefficient (Wildman–Crippen LogP) is 1.59. The first-order valence-corrected chi connectivity index (χ1v) is 4.90. The van der Waals surface area contributed by atoms with Gasteiger partial charge in [-0.25, -0.2) is 0 Å². The summed E-state index contributed by atoms with van der Waals surface area (Å²) >= 11 is 0. The van der Waals surface area contributed by atoms with Crippen molar-refractivity contribution in [3.05, 3.63) is 0 Å². The molecule has 1 saturated carbocycles.